The minimum Gasteiger partial charge on any atom is -0.247 e. The van der Waals surface area contributed by atoms with Crippen molar-refractivity contribution in [1.29, 1.82) is 0 Å². The molecule has 0 amide bonds. The number of hydrogen-bond acceptors (Lipinski definition) is 2. The molecule has 2 nitrogen and oxygen atoms in total. The predicted octanol–water partition coefficient (Wildman–Crippen LogP) is 0.0538. The smallest absolute Gasteiger partial charge is 0.247 e. The summed E-state index contributed by atoms with van der Waals surface area (Å²) in [4.78, 5) is 20.5. The number of ketones is 2. The van der Waals surface area contributed by atoms with Gasteiger partial charge in [0.05, 0.1) is 6.08 Å². The van der Waals surface area contributed by atoms with E-state index in [0.717, 1.165) is 6.08 Å². The van der Waals surface area contributed by atoms with Crippen LogP contribution in [0.1, 0.15) is 0 Å². The van der Waals surface area contributed by atoms with Gasteiger partial charge in [0.2, 0.25) is 0 Å². The van der Waals surface area contributed by atoms with Crippen LogP contribution in [-0.4, -0.2) is 11.6 Å². The Morgan fingerprint density at radius 3 is 2.38 bits per heavy atom. The molecule has 0 bridgehead atoms. The Balaban J connectivity index is 2.83. The molecule has 38 valence electrons. The number of carbonyl (C=O) groups excluding carboxylic acids is 2. The molecule has 0 N–H and O–H groups in total. The van der Waals surface area contributed by atoms with Gasteiger partial charge in [-0.3, -0.25) is 0 Å². The first-order valence-corrected chi connectivity index (χ1v) is 2.15. The van der Waals surface area contributed by atoms with Crippen molar-refractivity contribution in [2.75, 3.05) is 0 Å². The molecular weight excluding hydrogens is 104 g/mol. The van der Waals surface area contributed by atoms with Gasteiger partial charge in [0.15, 0.2) is 6.08 Å². The van der Waals surface area contributed by atoms with Crippen LogP contribution in [0, 0.1) is 6.08 Å². The molecular formula is C6H3O2+. The Labute approximate surface area is 46.5 Å². The van der Waals surface area contributed by atoms with Crippen molar-refractivity contribution < 1.29 is 9.59 Å². The number of hydrogen-bond donors (Lipinski definition) is 0. The second kappa shape index (κ2) is 1.68. The summed E-state index contributed by atoms with van der Waals surface area (Å²) >= 11 is 0. The minimum absolute atomic E-state index is 0.176. The highest BCUT2D eigenvalue weighted by atomic mass is 16.1. The first-order chi connectivity index (χ1) is 3.79. The summed E-state index contributed by atoms with van der Waals surface area (Å²) in [5, 5.41) is 0. The van der Waals surface area contributed by atoms with Crippen LogP contribution in [0.15, 0.2) is 18.2 Å². The second-order valence-electron chi connectivity index (χ2n) is 1.39. The van der Waals surface area contributed by atoms with E-state index in [4.69, 9.17) is 0 Å². The molecule has 0 saturated heterocycles. The van der Waals surface area contributed by atoms with E-state index >= 15 is 0 Å². The Kier molecular flexibility index (Phi) is 1.03. The molecule has 0 aromatic rings. The van der Waals surface area contributed by atoms with Crippen LogP contribution in [0.2, 0.25) is 0 Å². The fraction of sp³-hybridized carbons (Fsp3) is 0. The lowest BCUT2D eigenvalue weighted by Crippen LogP contribution is -1.97. The molecule has 0 saturated carbocycles. The first kappa shape index (κ1) is 4.88. The van der Waals surface area contributed by atoms with Crippen molar-refractivity contribution >= 4 is 11.6 Å². The number of rotatable bonds is 0. The molecule has 0 aromatic carbocycles. The fourth-order valence-corrected chi connectivity index (χ4v) is 0.396. The van der Waals surface area contributed by atoms with Crippen LogP contribution in [0.4, 0.5) is 0 Å². The van der Waals surface area contributed by atoms with E-state index in [1.54, 1.807) is 0 Å². The Hall–Kier alpha value is -1.27. The largest absolute Gasteiger partial charge is 0.339 e. The summed E-state index contributed by atoms with van der Waals surface area (Å²) in [5.41, 5.74) is 0. The summed E-state index contributed by atoms with van der Waals surface area (Å²) in [6.07, 6.45) is 5.78. The summed E-state index contributed by atoms with van der Waals surface area (Å²) in [7, 11) is 0. The van der Waals surface area contributed by atoms with Crippen LogP contribution in [0.3, 0.4) is 0 Å². The SMILES string of the molecule is O=C1[C+]=CC(=O)C=C1. The lowest BCUT2D eigenvalue weighted by Gasteiger charge is -1.75. The van der Waals surface area contributed by atoms with Crippen molar-refractivity contribution in [3.63, 3.8) is 0 Å². The van der Waals surface area contributed by atoms with E-state index in [1.165, 1.54) is 12.2 Å². The van der Waals surface area contributed by atoms with Crippen LogP contribution < -0.4 is 0 Å². The quantitative estimate of drug-likeness (QED) is 0.324. The zero-order valence-electron chi connectivity index (χ0n) is 4.05. The molecule has 0 aromatic heterocycles. The normalized spacial score (nSPS) is 16.5. The third-order valence-electron chi connectivity index (χ3n) is 0.756. The average Bonchev–Trinajstić information content (AvgIpc) is 1.77. The van der Waals surface area contributed by atoms with Gasteiger partial charge in [-0.2, -0.15) is 0 Å². The topological polar surface area (TPSA) is 34.1 Å². The Morgan fingerprint density at radius 2 is 2.00 bits per heavy atom. The summed E-state index contributed by atoms with van der Waals surface area (Å²) in [5.74, 6) is -0.422. The second-order valence-corrected chi connectivity index (χ2v) is 1.39. The highest BCUT2D eigenvalue weighted by Crippen LogP contribution is 1.89. The number of carbonyl (C=O) groups is 2. The van der Waals surface area contributed by atoms with E-state index in [-0.39, 0.29) is 11.6 Å². The van der Waals surface area contributed by atoms with Crippen molar-refractivity contribution in [1.82, 2.24) is 0 Å². The maximum absolute atomic E-state index is 10.3. The summed E-state index contributed by atoms with van der Waals surface area (Å²) in [6, 6.07) is 0. The van der Waals surface area contributed by atoms with E-state index < -0.39 is 0 Å². The van der Waals surface area contributed by atoms with Crippen LogP contribution >= 0.6 is 0 Å². The highest BCUT2D eigenvalue weighted by molar-refractivity contribution is 6.12. The highest BCUT2D eigenvalue weighted by Gasteiger charge is 2.10. The van der Waals surface area contributed by atoms with Crippen molar-refractivity contribution in [3.8, 4) is 0 Å². The molecule has 0 unspecified atom stereocenters. The molecule has 1 aliphatic rings. The lowest BCUT2D eigenvalue weighted by atomic mass is 10.2. The Morgan fingerprint density at radius 1 is 1.25 bits per heavy atom. The zero-order valence-corrected chi connectivity index (χ0v) is 4.05. The molecule has 0 fully saturated rings. The monoisotopic (exact) mass is 107 g/mol. The van der Waals surface area contributed by atoms with Crippen molar-refractivity contribution in [3.05, 3.63) is 24.3 Å². The lowest BCUT2D eigenvalue weighted by molar-refractivity contribution is -0.114. The van der Waals surface area contributed by atoms with E-state index in [2.05, 4.69) is 6.08 Å². The van der Waals surface area contributed by atoms with E-state index in [0.29, 0.717) is 0 Å². The molecule has 1 aliphatic carbocycles. The van der Waals surface area contributed by atoms with Gasteiger partial charge in [-0.25, -0.2) is 9.59 Å². The molecule has 0 atom stereocenters. The van der Waals surface area contributed by atoms with Gasteiger partial charge >= 0.3 is 5.78 Å². The maximum Gasteiger partial charge on any atom is 0.339 e. The molecule has 1 rings (SSSR count). The van der Waals surface area contributed by atoms with Crippen molar-refractivity contribution in [2.45, 2.75) is 0 Å². The molecule has 8 heavy (non-hydrogen) atoms. The molecule has 0 spiro atoms. The van der Waals surface area contributed by atoms with Gasteiger partial charge in [-0.15, -0.1) is 0 Å². The first-order valence-electron chi connectivity index (χ1n) is 2.15. The van der Waals surface area contributed by atoms with Crippen LogP contribution in [0.25, 0.3) is 0 Å². The third kappa shape index (κ3) is 0.863. The fourth-order valence-electron chi connectivity index (χ4n) is 0.396. The van der Waals surface area contributed by atoms with Crippen molar-refractivity contribution in [2.24, 2.45) is 0 Å². The standard InChI is InChI=1S/C6H3O2/c7-5-1-2-6(8)4-3-5/h1-3H/q+1. The zero-order chi connectivity index (χ0) is 5.98. The molecule has 2 heteroatoms. The summed E-state index contributed by atoms with van der Waals surface area (Å²) in [6.45, 7) is 0. The van der Waals surface area contributed by atoms with Crippen LogP contribution in [-0.2, 0) is 9.59 Å². The van der Waals surface area contributed by atoms with Gasteiger partial charge in [0.25, 0.3) is 5.78 Å². The maximum atomic E-state index is 10.3. The van der Waals surface area contributed by atoms with Crippen LogP contribution in [0.5, 0.6) is 0 Å². The molecule has 0 heterocycles. The van der Waals surface area contributed by atoms with Gasteiger partial charge in [0, 0.05) is 0 Å². The Bertz CT molecular complexity index is 149. The third-order valence-corrected chi connectivity index (χ3v) is 0.756. The van der Waals surface area contributed by atoms with E-state index in [1.807, 2.05) is 0 Å². The predicted molar refractivity (Wildman–Crippen MR) is 27.0 cm³/mol. The van der Waals surface area contributed by atoms with Gasteiger partial charge in [-0.1, -0.05) is 0 Å². The van der Waals surface area contributed by atoms with Gasteiger partial charge < -0.3 is 0 Å². The molecule has 0 radical (unpaired) electrons. The summed E-state index contributed by atoms with van der Waals surface area (Å²) < 4.78 is 0. The number of allylic oxidation sites excluding steroid dienone is 4. The van der Waals surface area contributed by atoms with Gasteiger partial charge in [-0.05, 0) is 0 Å². The molecule has 0 aliphatic heterocycles. The van der Waals surface area contributed by atoms with Gasteiger partial charge in [0.1, 0.15) is 12.2 Å². The minimum atomic E-state index is -0.246. The average molecular weight is 107 g/mol. The van der Waals surface area contributed by atoms with E-state index in [9.17, 15) is 9.59 Å².